The average molecular weight is 450 g/mol. The van der Waals surface area contributed by atoms with Crippen LogP contribution in [0.5, 0.6) is 0 Å². The fourth-order valence-electron chi connectivity index (χ4n) is 5.25. The lowest BCUT2D eigenvalue weighted by Crippen LogP contribution is -2.49. The quantitative estimate of drug-likeness (QED) is 0.697. The molecular formula is C26H31N3O2S. The van der Waals surface area contributed by atoms with Crippen LogP contribution in [0, 0.1) is 11.3 Å². The monoisotopic (exact) mass is 449 g/mol. The van der Waals surface area contributed by atoms with Gasteiger partial charge in [0.1, 0.15) is 0 Å². The van der Waals surface area contributed by atoms with Crippen molar-refractivity contribution in [3.63, 3.8) is 0 Å². The molecule has 1 saturated carbocycles. The zero-order valence-corrected chi connectivity index (χ0v) is 19.3. The minimum absolute atomic E-state index is 0.141. The number of benzene rings is 1. The second-order valence-electron chi connectivity index (χ2n) is 9.36. The van der Waals surface area contributed by atoms with Crippen LogP contribution < -0.4 is 0 Å². The first kappa shape index (κ1) is 21.4. The first-order chi connectivity index (χ1) is 15.6. The maximum Gasteiger partial charge on any atom is 0.254 e. The van der Waals surface area contributed by atoms with Crippen molar-refractivity contribution < 1.29 is 9.59 Å². The molecule has 1 atom stereocenters. The molecule has 3 heterocycles. The Morgan fingerprint density at radius 3 is 2.41 bits per heavy atom. The lowest BCUT2D eigenvalue weighted by atomic mass is 9.90. The van der Waals surface area contributed by atoms with Crippen LogP contribution >= 0.6 is 11.3 Å². The Hall–Kier alpha value is -2.44. The van der Waals surface area contributed by atoms with Gasteiger partial charge in [-0.2, -0.15) is 11.3 Å². The van der Waals surface area contributed by atoms with Gasteiger partial charge in [0.15, 0.2) is 0 Å². The predicted molar refractivity (Wildman–Crippen MR) is 128 cm³/mol. The number of piperazine rings is 1. The Balaban J connectivity index is 1.06. The van der Waals surface area contributed by atoms with E-state index in [1.807, 2.05) is 27.8 Å². The SMILES string of the molecule is O=C(c1ccsc1)N1CCC2(CC1)CC2C(=O)N1CCN(CC=Cc2ccccc2)CC1. The maximum absolute atomic E-state index is 13.2. The van der Waals surface area contributed by atoms with Gasteiger partial charge in [0.05, 0.1) is 5.56 Å². The Bertz CT molecular complexity index is 956. The lowest BCUT2D eigenvalue weighted by Gasteiger charge is -2.36. The van der Waals surface area contributed by atoms with Gasteiger partial charge in [-0.15, -0.1) is 0 Å². The molecule has 5 rings (SSSR count). The number of amides is 2. The summed E-state index contributed by atoms with van der Waals surface area (Å²) in [5.74, 6) is 0.662. The number of hydrogen-bond donors (Lipinski definition) is 0. The summed E-state index contributed by atoms with van der Waals surface area (Å²) in [7, 11) is 0. The molecule has 0 N–H and O–H groups in total. The number of carbonyl (C=O) groups is 2. The molecule has 1 aromatic carbocycles. The third kappa shape index (κ3) is 4.52. The summed E-state index contributed by atoms with van der Waals surface area (Å²) in [6.07, 6.45) is 7.31. The Labute approximate surface area is 194 Å². The second-order valence-corrected chi connectivity index (χ2v) is 10.1. The maximum atomic E-state index is 13.2. The van der Waals surface area contributed by atoms with E-state index in [9.17, 15) is 9.59 Å². The van der Waals surface area contributed by atoms with E-state index in [2.05, 4.69) is 46.2 Å². The summed E-state index contributed by atoms with van der Waals surface area (Å²) in [5, 5.41) is 3.88. The van der Waals surface area contributed by atoms with Gasteiger partial charge in [-0.25, -0.2) is 0 Å². The third-order valence-corrected chi connectivity index (χ3v) is 8.14. The molecule has 3 aliphatic rings. The molecule has 6 heteroatoms. The summed E-state index contributed by atoms with van der Waals surface area (Å²) in [5.41, 5.74) is 2.17. The first-order valence-corrected chi connectivity index (χ1v) is 12.6. The van der Waals surface area contributed by atoms with Gasteiger partial charge in [-0.05, 0) is 41.7 Å². The number of rotatable bonds is 5. The van der Waals surface area contributed by atoms with Gasteiger partial charge in [0, 0.05) is 57.1 Å². The highest BCUT2D eigenvalue weighted by atomic mass is 32.1. The van der Waals surface area contributed by atoms with E-state index in [1.54, 1.807) is 11.3 Å². The smallest absolute Gasteiger partial charge is 0.254 e. The van der Waals surface area contributed by atoms with Crippen molar-refractivity contribution in [3.05, 3.63) is 64.4 Å². The number of nitrogens with zero attached hydrogens (tertiary/aromatic N) is 3. The lowest BCUT2D eigenvalue weighted by molar-refractivity contribution is -0.135. The highest BCUT2D eigenvalue weighted by Crippen LogP contribution is 2.60. The predicted octanol–water partition coefficient (Wildman–Crippen LogP) is 3.85. The average Bonchev–Trinajstić information content (AvgIpc) is 3.26. The van der Waals surface area contributed by atoms with E-state index in [1.165, 1.54) is 5.56 Å². The summed E-state index contributed by atoms with van der Waals surface area (Å²) in [4.78, 5) is 32.2. The number of carbonyl (C=O) groups excluding carboxylic acids is 2. The van der Waals surface area contributed by atoms with Gasteiger partial charge in [-0.1, -0.05) is 42.5 Å². The Morgan fingerprint density at radius 2 is 1.72 bits per heavy atom. The van der Waals surface area contributed by atoms with Crippen molar-refractivity contribution in [2.24, 2.45) is 11.3 Å². The summed E-state index contributed by atoms with van der Waals surface area (Å²) < 4.78 is 0. The molecule has 1 spiro atoms. The van der Waals surface area contributed by atoms with Gasteiger partial charge in [-0.3, -0.25) is 14.5 Å². The van der Waals surface area contributed by atoms with Crippen molar-refractivity contribution in [1.29, 1.82) is 0 Å². The van der Waals surface area contributed by atoms with Gasteiger partial charge < -0.3 is 9.80 Å². The van der Waals surface area contributed by atoms with E-state index in [-0.39, 0.29) is 17.2 Å². The van der Waals surface area contributed by atoms with E-state index in [0.717, 1.165) is 70.6 Å². The number of hydrogen-bond acceptors (Lipinski definition) is 4. The fourth-order valence-corrected chi connectivity index (χ4v) is 5.88. The van der Waals surface area contributed by atoms with Crippen LogP contribution in [-0.2, 0) is 4.79 Å². The minimum atomic E-state index is 0.141. The van der Waals surface area contributed by atoms with Crippen LogP contribution in [-0.4, -0.2) is 72.3 Å². The molecule has 2 aromatic rings. The van der Waals surface area contributed by atoms with Crippen LogP contribution in [0.4, 0.5) is 0 Å². The third-order valence-electron chi connectivity index (χ3n) is 7.46. The summed E-state index contributed by atoms with van der Waals surface area (Å²) >= 11 is 1.56. The fraction of sp³-hybridized carbons (Fsp3) is 0.462. The zero-order valence-electron chi connectivity index (χ0n) is 18.5. The number of likely N-dealkylation sites (tertiary alicyclic amines) is 1. The molecule has 1 aliphatic carbocycles. The molecule has 3 fully saturated rings. The van der Waals surface area contributed by atoms with Crippen LogP contribution in [0.1, 0.15) is 35.2 Å². The van der Waals surface area contributed by atoms with Crippen molar-refractivity contribution in [2.75, 3.05) is 45.8 Å². The summed E-state index contributed by atoms with van der Waals surface area (Å²) in [6, 6.07) is 12.3. The molecule has 2 aliphatic heterocycles. The molecular weight excluding hydrogens is 418 g/mol. The molecule has 1 unspecified atom stereocenters. The van der Waals surface area contributed by atoms with Gasteiger partial charge in [0.2, 0.25) is 5.91 Å². The highest BCUT2D eigenvalue weighted by Gasteiger charge is 2.59. The topological polar surface area (TPSA) is 43.9 Å². The minimum Gasteiger partial charge on any atom is -0.340 e. The molecule has 2 amide bonds. The Morgan fingerprint density at radius 1 is 0.969 bits per heavy atom. The number of thiophene rings is 1. The van der Waals surface area contributed by atoms with Crippen molar-refractivity contribution in [1.82, 2.24) is 14.7 Å². The van der Waals surface area contributed by atoms with Crippen molar-refractivity contribution in [2.45, 2.75) is 19.3 Å². The van der Waals surface area contributed by atoms with Crippen LogP contribution in [0.3, 0.4) is 0 Å². The van der Waals surface area contributed by atoms with E-state index in [0.29, 0.717) is 5.91 Å². The van der Waals surface area contributed by atoms with E-state index in [4.69, 9.17) is 0 Å². The van der Waals surface area contributed by atoms with Crippen LogP contribution in [0.25, 0.3) is 6.08 Å². The normalized spacial score (nSPS) is 23.1. The van der Waals surface area contributed by atoms with E-state index < -0.39 is 0 Å². The largest absolute Gasteiger partial charge is 0.340 e. The standard InChI is InChI=1S/C26H31N3O2S/c30-24(22-8-18-32-20-22)28-12-9-26(10-13-28)19-23(26)25(31)29-16-14-27(15-17-29)11-4-7-21-5-2-1-3-6-21/h1-8,18,20,23H,9-17,19H2. The second kappa shape index (κ2) is 9.20. The molecule has 5 nitrogen and oxygen atoms in total. The van der Waals surface area contributed by atoms with Crippen molar-refractivity contribution in [3.8, 4) is 0 Å². The van der Waals surface area contributed by atoms with Gasteiger partial charge in [0.25, 0.3) is 5.91 Å². The van der Waals surface area contributed by atoms with Gasteiger partial charge >= 0.3 is 0 Å². The Kier molecular flexibility index (Phi) is 6.15. The van der Waals surface area contributed by atoms with E-state index >= 15 is 0 Å². The first-order valence-electron chi connectivity index (χ1n) is 11.7. The molecule has 0 radical (unpaired) electrons. The molecule has 168 valence electrons. The van der Waals surface area contributed by atoms with Crippen LogP contribution in [0.2, 0.25) is 0 Å². The molecule has 1 aromatic heterocycles. The molecule has 0 bridgehead atoms. The zero-order chi connectivity index (χ0) is 22.0. The van der Waals surface area contributed by atoms with Crippen LogP contribution in [0.15, 0.2) is 53.2 Å². The molecule has 32 heavy (non-hydrogen) atoms. The van der Waals surface area contributed by atoms with Crippen molar-refractivity contribution >= 4 is 29.2 Å². The molecule has 2 saturated heterocycles. The highest BCUT2D eigenvalue weighted by molar-refractivity contribution is 7.08. The number of piperidine rings is 1. The summed E-state index contributed by atoms with van der Waals surface area (Å²) in [6.45, 7) is 6.01.